The molecule has 0 aliphatic heterocycles. The zero-order chi connectivity index (χ0) is 17.9. The second-order valence-corrected chi connectivity index (χ2v) is 7.80. The van der Waals surface area contributed by atoms with Crippen LogP contribution in [0, 0.1) is 20.8 Å². The van der Waals surface area contributed by atoms with Crippen LogP contribution in [0.25, 0.3) is 22.4 Å². The van der Waals surface area contributed by atoms with Crippen LogP contribution in [-0.2, 0) is 12.5 Å². The standard InChI is InChI=1S/C23H25N2/c1-14-12-20-19(13-18(14)21-9-7-8-16(3)25(21)6)17-11-10-15(2)24-22(17)23(20,4)5/h7-13H,1-6H3/q+1. The van der Waals surface area contributed by atoms with Gasteiger partial charge in [0.1, 0.15) is 7.05 Å². The third-order valence-electron chi connectivity index (χ3n) is 5.71. The van der Waals surface area contributed by atoms with Crippen LogP contribution < -0.4 is 4.57 Å². The number of aryl methyl sites for hydroxylation is 3. The van der Waals surface area contributed by atoms with E-state index in [0.29, 0.717) is 0 Å². The fourth-order valence-electron chi connectivity index (χ4n) is 4.06. The molecule has 0 saturated heterocycles. The molecule has 4 rings (SSSR count). The lowest BCUT2D eigenvalue weighted by atomic mass is 9.83. The van der Waals surface area contributed by atoms with Crippen LogP contribution >= 0.6 is 0 Å². The number of rotatable bonds is 1. The molecule has 0 radical (unpaired) electrons. The molecule has 2 heterocycles. The van der Waals surface area contributed by atoms with Crippen molar-refractivity contribution in [2.24, 2.45) is 7.05 Å². The summed E-state index contributed by atoms with van der Waals surface area (Å²) in [5.41, 5.74) is 11.4. The number of benzene rings is 1. The number of fused-ring (bicyclic) bond motifs is 3. The smallest absolute Gasteiger partial charge is 0.212 e. The fraction of sp³-hybridized carbons (Fsp3) is 0.304. The van der Waals surface area contributed by atoms with Gasteiger partial charge < -0.3 is 0 Å². The van der Waals surface area contributed by atoms with E-state index >= 15 is 0 Å². The molecule has 0 bridgehead atoms. The summed E-state index contributed by atoms with van der Waals surface area (Å²) < 4.78 is 2.27. The minimum atomic E-state index is -0.0469. The number of pyridine rings is 2. The molecule has 2 nitrogen and oxygen atoms in total. The second kappa shape index (κ2) is 5.26. The zero-order valence-corrected chi connectivity index (χ0v) is 15.9. The Hall–Kier alpha value is -2.48. The van der Waals surface area contributed by atoms with E-state index in [1.165, 1.54) is 44.9 Å². The van der Waals surface area contributed by atoms with Crippen molar-refractivity contribution >= 4 is 0 Å². The Morgan fingerprint density at radius 2 is 1.64 bits per heavy atom. The van der Waals surface area contributed by atoms with Crippen molar-refractivity contribution < 1.29 is 4.57 Å². The summed E-state index contributed by atoms with van der Waals surface area (Å²) in [6, 6.07) is 15.6. The highest BCUT2D eigenvalue weighted by atomic mass is 14.9. The Bertz CT molecular complexity index is 1010. The van der Waals surface area contributed by atoms with E-state index in [0.717, 1.165) is 5.69 Å². The van der Waals surface area contributed by atoms with Gasteiger partial charge >= 0.3 is 0 Å². The first-order valence-corrected chi connectivity index (χ1v) is 8.90. The molecule has 25 heavy (non-hydrogen) atoms. The minimum Gasteiger partial charge on any atom is -0.257 e. The van der Waals surface area contributed by atoms with Crippen LogP contribution in [0.2, 0.25) is 0 Å². The van der Waals surface area contributed by atoms with Crippen molar-refractivity contribution in [3.05, 3.63) is 70.7 Å². The van der Waals surface area contributed by atoms with Gasteiger partial charge in [-0.2, -0.15) is 4.57 Å². The molecular weight excluding hydrogens is 304 g/mol. The van der Waals surface area contributed by atoms with Crippen LogP contribution in [0.1, 0.15) is 42.1 Å². The third-order valence-corrected chi connectivity index (χ3v) is 5.71. The molecular formula is C23H25N2+. The maximum atomic E-state index is 4.88. The van der Waals surface area contributed by atoms with Gasteiger partial charge in [-0.1, -0.05) is 26.0 Å². The van der Waals surface area contributed by atoms with E-state index in [2.05, 4.69) is 88.7 Å². The third kappa shape index (κ3) is 2.24. The predicted molar refractivity (Wildman–Crippen MR) is 103 cm³/mol. The highest BCUT2D eigenvalue weighted by molar-refractivity contribution is 5.83. The van der Waals surface area contributed by atoms with E-state index in [1.54, 1.807) is 0 Å². The molecule has 0 spiro atoms. The Balaban J connectivity index is 2.01. The average Bonchev–Trinajstić information content (AvgIpc) is 2.77. The Labute approximate surface area is 150 Å². The highest BCUT2D eigenvalue weighted by Crippen LogP contribution is 2.49. The molecule has 0 atom stereocenters. The van der Waals surface area contributed by atoms with E-state index in [4.69, 9.17) is 4.98 Å². The van der Waals surface area contributed by atoms with Crippen LogP contribution in [-0.4, -0.2) is 4.98 Å². The molecule has 0 saturated carbocycles. The van der Waals surface area contributed by atoms with Crippen LogP contribution in [0.3, 0.4) is 0 Å². The van der Waals surface area contributed by atoms with Crippen LogP contribution in [0.15, 0.2) is 42.5 Å². The largest absolute Gasteiger partial charge is 0.257 e. The van der Waals surface area contributed by atoms with Gasteiger partial charge in [0.25, 0.3) is 0 Å². The summed E-state index contributed by atoms with van der Waals surface area (Å²) in [5, 5.41) is 0. The van der Waals surface area contributed by atoms with E-state index < -0.39 is 0 Å². The minimum absolute atomic E-state index is 0.0469. The quantitative estimate of drug-likeness (QED) is 0.586. The van der Waals surface area contributed by atoms with Crippen molar-refractivity contribution in [3.8, 4) is 22.4 Å². The summed E-state index contributed by atoms with van der Waals surface area (Å²) in [6.45, 7) is 11.0. The van der Waals surface area contributed by atoms with Crippen LogP contribution in [0.5, 0.6) is 0 Å². The van der Waals surface area contributed by atoms with Gasteiger partial charge in [-0.05, 0) is 48.7 Å². The van der Waals surface area contributed by atoms with Crippen molar-refractivity contribution in [1.82, 2.24) is 4.98 Å². The van der Waals surface area contributed by atoms with Gasteiger partial charge in [-0.15, -0.1) is 0 Å². The Morgan fingerprint density at radius 3 is 2.40 bits per heavy atom. The lowest BCUT2D eigenvalue weighted by Crippen LogP contribution is -2.34. The lowest BCUT2D eigenvalue weighted by molar-refractivity contribution is -0.666. The molecule has 0 unspecified atom stereocenters. The molecule has 3 aromatic rings. The maximum Gasteiger partial charge on any atom is 0.212 e. The van der Waals surface area contributed by atoms with Gasteiger partial charge in [0.05, 0.1) is 5.69 Å². The molecule has 1 aromatic carbocycles. The Morgan fingerprint density at radius 1 is 0.880 bits per heavy atom. The van der Waals surface area contributed by atoms with Crippen molar-refractivity contribution in [2.75, 3.05) is 0 Å². The monoisotopic (exact) mass is 329 g/mol. The topological polar surface area (TPSA) is 16.8 Å². The summed E-state index contributed by atoms with van der Waals surface area (Å²) >= 11 is 0. The van der Waals surface area contributed by atoms with Gasteiger partial charge in [-0.3, -0.25) is 4.98 Å². The summed E-state index contributed by atoms with van der Waals surface area (Å²) in [6.07, 6.45) is 0. The summed E-state index contributed by atoms with van der Waals surface area (Å²) in [4.78, 5) is 4.88. The molecule has 0 fully saturated rings. The molecule has 0 amide bonds. The molecule has 0 N–H and O–H groups in total. The average molecular weight is 329 g/mol. The highest BCUT2D eigenvalue weighted by Gasteiger charge is 2.38. The van der Waals surface area contributed by atoms with Crippen molar-refractivity contribution in [1.29, 1.82) is 0 Å². The van der Waals surface area contributed by atoms with Crippen molar-refractivity contribution in [2.45, 2.75) is 40.0 Å². The molecule has 1 aliphatic carbocycles. The molecule has 126 valence electrons. The number of aromatic nitrogens is 2. The number of hydrogen-bond donors (Lipinski definition) is 0. The summed E-state index contributed by atoms with van der Waals surface area (Å²) in [7, 11) is 2.14. The molecule has 2 aromatic heterocycles. The maximum absolute atomic E-state index is 4.88. The first kappa shape index (κ1) is 16.0. The molecule has 1 aliphatic rings. The van der Waals surface area contributed by atoms with E-state index in [-0.39, 0.29) is 5.41 Å². The van der Waals surface area contributed by atoms with Gasteiger partial charge in [0.15, 0.2) is 5.69 Å². The fourth-order valence-corrected chi connectivity index (χ4v) is 4.06. The zero-order valence-electron chi connectivity index (χ0n) is 15.9. The van der Waals surface area contributed by atoms with Gasteiger partial charge in [0.2, 0.25) is 5.69 Å². The first-order valence-electron chi connectivity index (χ1n) is 8.90. The van der Waals surface area contributed by atoms with E-state index in [9.17, 15) is 0 Å². The normalized spacial score (nSPS) is 14.3. The van der Waals surface area contributed by atoms with Crippen molar-refractivity contribution in [3.63, 3.8) is 0 Å². The number of nitrogens with zero attached hydrogens (tertiary/aromatic N) is 2. The predicted octanol–water partition coefficient (Wildman–Crippen LogP) is 4.80. The summed E-state index contributed by atoms with van der Waals surface area (Å²) in [5.74, 6) is 0. The second-order valence-electron chi connectivity index (χ2n) is 7.80. The first-order chi connectivity index (χ1) is 11.8. The number of hydrogen-bond acceptors (Lipinski definition) is 1. The SMILES string of the molecule is Cc1ccc2c(n1)C(C)(C)c1cc(C)c(-c3cccc(C)[n+]3C)cc1-2. The Kier molecular flexibility index (Phi) is 3.37. The van der Waals surface area contributed by atoms with Gasteiger partial charge in [-0.25, -0.2) is 0 Å². The van der Waals surface area contributed by atoms with Crippen LogP contribution in [0.4, 0.5) is 0 Å². The lowest BCUT2D eigenvalue weighted by Gasteiger charge is -2.21. The van der Waals surface area contributed by atoms with Gasteiger partial charge in [0, 0.05) is 41.3 Å². The van der Waals surface area contributed by atoms with E-state index in [1.807, 2.05) is 0 Å². The molecule has 2 heteroatoms.